The summed E-state index contributed by atoms with van der Waals surface area (Å²) in [4.78, 5) is 7.94. The van der Waals surface area contributed by atoms with Crippen molar-refractivity contribution in [1.82, 2.24) is 9.97 Å². The highest BCUT2D eigenvalue weighted by Gasteiger charge is 2.08. The molecule has 2 rings (SSSR count). The van der Waals surface area contributed by atoms with Crippen molar-refractivity contribution in [2.24, 2.45) is 0 Å². The van der Waals surface area contributed by atoms with Crippen LogP contribution in [0.1, 0.15) is 0 Å². The summed E-state index contributed by atoms with van der Waals surface area (Å²) in [6, 6.07) is 4.06. The number of halogens is 3. The number of hydrogen-bond donors (Lipinski definition) is 0. The third kappa shape index (κ3) is 2.88. The predicted octanol–water partition coefficient (Wildman–Crippen LogP) is 3.83. The lowest BCUT2D eigenvalue weighted by Crippen LogP contribution is -1.95. The molecule has 4 nitrogen and oxygen atoms in total. The summed E-state index contributed by atoms with van der Waals surface area (Å²) in [5.74, 6) is 0.164. The van der Waals surface area contributed by atoms with E-state index in [1.54, 1.807) is 0 Å². The Morgan fingerprint density at radius 3 is 2.83 bits per heavy atom. The molecule has 0 amide bonds. The Balaban J connectivity index is 2.25. The Kier molecular flexibility index (Phi) is 3.98. The fourth-order valence-corrected chi connectivity index (χ4v) is 1.70. The molecule has 0 unspecified atom stereocenters. The van der Waals surface area contributed by atoms with Crippen LogP contribution < -0.4 is 9.47 Å². The van der Waals surface area contributed by atoms with Crippen molar-refractivity contribution in [3.8, 4) is 17.6 Å². The Bertz CT molecular complexity index is 583. The van der Waals surface area contributed by atoms with E-state index in [1.165, 1.54) is 31.5 Å². The highest BCUT2D eigenvalue weighted by atomic mass is 79.9. The van der Waals surface area contributed by atoms with Gasteiger partial charge in [0, 0.05) is 6.07 Å². The lowest BCUT2D eigenvalue weighted by molar-refractivity contribution is 0.373. The van der Waals surface area contributed by atoms with Crippen LogP contribution in [0.2, 0.25) is 5.02 Å². The molecule has 0 spiro atoms. The van der Waals surface area contributed by atoms with Crippen molar-refractivity contribution in [2.45, 2.75) is 0 Å². The van der Waals surface area contributed by atoms with Crippen molar-refractivity contribution in [3.05, 3.63) is 39.7 Å². The predicted molar refractivity (Wildman–Crippen MR) is 67.8 cm³/mol. The summed E-state index contributed by atoms with van der Waals surface area (Å²) in [6.07, 6.45) is 1.49. The quantitative estimate of drug-likeness (QED) is 0.856. The van der Waals surface area contributed by atoms with Gasteiger partial charge in [0.15, 0.2) is 0 Å². The Labute approximate surface area is 116 Å². The highest BCUT2D eigenvalue weighted by Crippen LogP contribution is 2.27. The monoisotopic (exact) mass is 332 g/mol. The molecule has 1 heterocycles. The van der Waals surface area contributed by atoms with E-state index in [0.29, 0.717) is 16.1 Å². The van der Waals surface area contributed by atoms with Gasteiger partial charge < -0.3 is 9.47 Å². The Hall–Kier alpha value is -1.40. The smallest absolute Gasteiger partial charge is 0.325 e. The zero-order valence-corrected chi connectivity index (χ0v) is 11.5. The van der Waals surface area contributed by atoms with Crippen molar-refractivity contribution in [1.29, 1.82) is 0 Å². The molecule has 0 atom stereocenters. The molecule has 0 aliphatic heterocycles. The third-order valence-corrected chi connectivity index (χ3v) is 2.82. The van der Waals surface area contributed by atoms with Crippen LogP contribution in [0.4, 0.5) is 4.39 Å². The van der Waals surface area contributed by atoms with E-state index >= 15 is 0 Å². The van der Waals surface area contributed by atoms with E-state index in [2.05, 4.69) is 25.9 Å². The molecule has 1 aromatic carbocycles. The molecular formula is C11H7BrClFN2O2. The number of benzene rings is 1. The van der Waals surface area contributed by atoms with Gasteiger partial charge in [-0.1, -0.05) is 11.6 Å². The van der Waals surface area contributed by atoms with Gasteiger partial charge in [0.25, 0.3) is 0 Å². The second kappa shape index (κ2) is 5.49. The molecule has 0 radical (unpaired) electrons. The molecule has 94 valence electrons. The topological polar surface area (TPSA) is 44.2 Å². The molecule has 0 aliphatic carbocycles. The molecule has 2 aromatic rings. The van der Waals surface area contributed by atoms with Gasteiger partial charge >= 0.3 is 6.01 Å². The van der Waals surface area contributed by atoms with Gasteiger partial charge in [-0.3, -0.25) is 0 Å². The molecule has 0 N–H and O–H groups in total. The summed E-state index contributed by atoms with van der Waals surface area (Å²) >= 11 is 8.86. The lowest BCUT2D eigenvalue weighted by atomic mass is 10.3. The van der Waals surface area contributed by atoms with Crippen LogP contribution in [-0.4, -0.2) is 17.1 Å². The van der Waals surface area contributed by atoms with Crippen LogP contribution in [0.3, 0.4) is 0 Å². The number of rotatable bonds is 3. The Morgan fingerprint density at radius 1 is 1.39 bits per heavy atom. The van der Waals surface area contributed by atoms with E-state index in [4.69, 9.17) is 21.1 Å². The molecule has 0 fully saturated rings. The maximum Gasteiger partial charge on any atom is 0.325 e. The fraction of sp³-hybridized carbons (Fsp3) is 0.0909. The molecular weight excluding hydrogens is 326 g/mol. The zero-order chi connectivity index (χ0) is 13.1. The van der Waals surface area contributed by atoms with E-state index in [0.717, 1.165) is 0 Å². The number of aromatic nitrogens is 2. The minimum Gasteiger partial charge on any atom is -0.480 e. The number of nitrogens with zero attached hydrogens (tertiary/aromatic N) is 2. The number of methoxy groups -OCH3 is 1. The van der Waals surface area contributed by atoms with E-state index < -0.39 is 5.82 Å². The first-order valence-electron chi connectivity index (χ1n) is 4.79. The standard InChI is InChI=1S/C11H7BrClFN2O2/c1-17-10-7(12)5-15-11(16-10)18-6-2-3-9(14)8(13)4-6/h2-5H,1H3. The minimum absolute atomic E-state index is 0.0309. The average Bonchev–Trinajstić information content (AvgIpc) is 2.36. The Morgan fingerprint density at radius 2 is 2.17 bits per heavy atom. The van der Waals surface area contributed by atoms with Crippen LogP contribution in [0.15, 0.2) is 28.9 Å². The maximum atomic E-state index is 13.0. The molecule has 0 aliphatic rings. The van der Waals surface area contributed by atoms with E-state index in [9.17, 15) is 4.39 Å². The van der Waals surface area contributed by atoms with Gasteiger partial charge in [-0.25, -0.2) is 9.37 Å². The molecule has 0 bridgehead atoms. The molecule has 7 heteroatoms. The maximum absolute atomic E-state index is 13.0. The van der Waals surface area contributed by atoms with Gasteiger partial charge in [-0.15, -0.1) is 0 Å². The van der Waals surface area contributed by atoms with Crippen molar-refractivity contribution < 1.29 is 13.9 Å². The first kappa shape index (κ1) is 13.0. The number of hydrogen-bond acceptors (Lipinski definition) is 4. The van der Waals surface area contributed by atoms with Gasteiger partial charge in [0.05, 0.1) is 22.8 Å². The molecule has 18 heavy (non-hydrogen) atoms. The second-order valence-electron chi connectivity index (χ2n) is 3.19. The average molecular weight is 334 g/mol. The van der Waals surface area contributed by atoms with Gasteiger partial charge in [0.1, 0.15) is 11.6 Å². The summed E-state index contributed by atoms with van der Waals surface area (Å²) in [6.45, 7) is 0. The van der Waals surface area contributed by atoms with Crippen molar-refractivity contribution >= 4 is 27.5 Å². The molecule has 0 saturated carbocycles. The first-order valence-corrected chi connectivity index (χ1v) is 5.96. The largest absolute Gasteiger partial charge is 0.480 e. The third-order valence-electron chi connectivity index (χ3n) is 1.98. The minimum atomic E-state index is -0.515. The summed E-state index contributed by atoms with van der Waals surface area (Å²) < 4.78 is 23.9. The van der Waals surface area contributed by atoms with Crippen LogP contribution in [0, 0.1) is 5.82 Å². The highest BCUT2D eigenvalue weighted by molar-refractivity contribution is 9.10. The van der Waals surface area contributed by atoms with E-state index in [1.807, 2.05) is 0 Å². The SMILES string of the molecule is COc1nc(Oc2ccc(F)c(Cl)c2)ncc1Br. The van der Waals surface area contributed by atoms with Gasteiger partial charge in [-0.2, -0.15) is 4.98 Å². The van der Waals surface area contributed by atoms with Crippen LogP contribution in [-0.2, 0) is 0 Å². The normalized spacial score (nSPS) is 10.2. The van der Waals surface area contributed by atoms with Crippen LogP contribution in [0.25, 0.3) is 0 Å². The lowest BCUT2D eigenvalue weighted by Gasteiger charge is -2.06. The van der Waals surface area contributed by atoms with Crippen LogP contribution >= 0.6 is 27.5 Å². The summed E-state index contributed by atoms with van der Waals surface area (Å²) in [5, 5.41) is -0.0309. The van der Waals surface area contributed by atoms with Gasteiger partial charge in [0.2, 0.25) is 5.88 Å². The summed E-state index contributed by atoms with van der Waals surface area (Å²) in [5.41, 5.74) is 0. The summed E-state index contributed by atoms with van der Waals surface area (Å²) in [7, 11) is 1.48. The van der Waals surface area contributed by atoms with Crippen molar-refractivity contribution in [3.63, 3.8) is 0 Å². The molecule has 0 saturated heterocycles. The number of ether oxygens (including phenoxy) is 2. The van der Waals surface area contributed by atoms with E-state index in [-0.39, 0.29) is 11.0 Å². The van der Waals surface area contributed by atoms with Crippen molar-refractivity contribution in [2.75, 3.05) is 7.11 Å². The first-order chi connectivity index (χ1) is 8.60. The zero-order valence-electron chi connectivity index (χ0n) is 9.15. The second-order valence-corrected chi connectivity index (χ2v) is 4.45. The fourth-order valence-electron chi connectivity index (χ4n) is 1.17. The molecule has 1 aromatic heterocycles. The van der Waals surface area contributed by atoms with Crippen LogP contribution in [0.5, 0.6) is 17.6 Å². The van der Waals surface area contributed by atoms with Gasteiger partial charge in [-0.05, 0) is 28.1 Å².